The maximum absolute atomic E-state index is 10.5. The van der Waals surface area contributed by atoms with E-state index in [0.29, 0.717) is 11.3 Å². The number of rotatable bonds is 4. The summed E-state index contributed by atoms with van der Waals surface area (Å²) in [7, 11) is 0. The van der Waals surface area contributed by atoms with Gasteiger partial charge in [-0.3, -0.25) is 4.79 Å². The van der Waals surface area contributed by atoms with E-state index >= 15 is 0 Å². The highest BCUT2D eigenvalue weighted by Gasteiger charge is 2.12. The Morgan fingerprint density at radius 1 is 1.57 bits per heavy atom. The molecule has 1 radical (unpaired) electrons. The van der Waals surface area contributed by atoms with Gasteiger partial charge in [0.15, 0.2) is 6.10 Å². The quantitative estimate of drug-likeness (QED) is 0.774. The van der Waals surface area contributed by atoms with E-state index < -0.39 is 12.1 Å². The van der Waals surface area contributed by atoms with Gasteiger partial charge in [-0.05, 0) is 19.1 Å². The topological polar surface area (TPSA) is 63.6 Å². The predicted octanol–water partition coefficient (Wildman–Crippen LogP) is 0.996. The maximum Gasteiger partial charge on any atom is 0.344 e. The first kappa shape index (κ1) is 10.2. The Bertz CT molecular complexity index is 346. The maximum atomic E-state index is 10.5. The van der Waals surface area contributed by atoms with E-state index in [-0.39, 0.29) is 0 Å². The van der Waals surface area contributed by atoms with Gasteiger partial charge in [-0.1, -0.05) is 12.1 Å². The molecule has 1 atom stereocenters. The molecule has 4 nitrogen and oxygen atoms in total. The summed E-state index contributed by atoms with van der Waals surface area (Å²) < 4.78 is 5.04. The second-order valence-electron chi connectivity index (χ2n) is 2.73. The molecule has 0 aromatic heterocycles. The van der Waals surface area contributed by atoms with Crippen LogP contribution in [0.25, 0.3) is 0 Å². The average molecular weight is 193 g/mol. The van der Waals surface area contributed by atoms with Crippen LogP contribution in [0.15, 0.2) is 24.3 Å². The molecule has 0 fully saturated rings. The first-order valence-electron chi connectivity index (χ1n) is 4.01. The molecule has 14 heavy (non-hydrogen) atoms. The molecule has 0 heterocycles. The molecule has 1 unspecified atom stereocenters. The Balaban J connectivity index is 2.76. The minimum atomic E-state index is -1.05. The van der Waals surface area contributed by atoms with Gasteiger partial charge in [-0.15, -0.1) is 0 Å². The zero-order chi connectivity index (χ0) is 10.6. The van der Waals surface area contributed by atoms with Gasteiger partial charge in [0.1, 0.15) is 5.75 Å². The van der Waals surface area contributed by atoms with Crippen molar-refractivity contribution >= 4 is 12.3 Å². The summed E-state index contributed by atoms with van der Waals surface area (Å²) in [6.45, 7) is 1.42. The highest BCUT2D eigenvalue weighted by atomic mass is 16.5. The van der Waals surface area contributed by atoms with E-state index in [4.69, 9.17) is 9.84 Å². The lowest BCUT2D eigenvalue weighted by atomic mass is 10.2. The standard InChI is InChI=1S/C10H9O4/c1-7(10(12)13)14-9-4-2-3-8(5-9)6-11/h2-5,7H,1H3,(H,12,13). The molecule has 1 rings (SSSR count). The molecule has 0 spiro atoms. The van der Waals surface area contributed by atoms with Crippen molar-refractivity contribution in [2.45, 2.75) is 13.0 Å². The van der Waals surface area contributed by atoms with Crippen molar-refractivity contribution in [3.63, 3.8) is 0 Å². The molecule has 0 aliphatic carbocycles. The number of hydrogen-bond donors (Lipinski definition) is 1. The predicted molar refractivity (Wildman–Crippen MR) is 49.0 cm³/mol. The number of ether oxygens (including phenoxy) is 1. The number of hydrogen-bond acceptors (Lipinski definition) is 3. The van der Waals surface area contributed by atoms with Crippen molar-refractivity contribution in [3.05, 3.63) is 29.8 Å². The van der Waals surface area contributed by atoms with Crippen molar-refractivity contribution in [2.24, 2.45) is 0 Å². The first-order valence-corrected chi connectivity index (χ1v) is 4.01. The van der Waals surface area contributed by atoms with Crippen LogP contribution in [0.2, 0.25) is 0 Å². The van der Waals surface area contributed by atoms with Crippen molar-refractivity contribution in [1.29, 1.82) is 0 Å². The monoisotopic (exact) mass is 193 g/mol. The summed E-state index contributed by atoms with van der Waals surface area (Å²) in [5.74, 6) is -0.703. The number of aliphatic carboxylic acids is 1. The summed E-state index contributed by atoms with van der Waals surface area (Å²) in [5.41, 5.74) is 0.333. The fourth-order valence-corrected chi connectivity index (χ4v) is 0.887. The molecular formula is C10H9O4. The summed E-state index contributed by atoms with van der Waals surface area (Å²) in [5, 5.41) is 8.57. The van der Waals surface area contributed by atoms with Gasteiger partial charge in [0.2, 0.25) is 6.29 Å². The van der Waals surface area contributed by atoms with Crippen LogP contribution >= 0.6 is 0 Å². The third kappa shape index (κ3) is 2.58. The zero-order valence-electron chi connectivity index (χ0n) is 7.56. The summed E-state index contributed by atoms with van der Waals surface area (Å²) in [6.07, 6.45) is 0.759. The van der Waals surface area contributed by atoms with Crippen molar-refractivity contribution in [3.8, 4) is 5.75 Å². The molecule has 0 saturated heterocycles. The van der Waals surface area contributed by atoms with Crippen molar-refractivity contribution < 1.29 is 19.4 Å². The third-order valence-electron chi connectivity index (χ3n) is 1.61. The fourth-order valence-electron chi connectivity index (χ4n) is 0.887. The Morgan fingerprint density at radius 2 is 2.29 bits per heavy atom. The molecule has 0 saturated carbocycles. The molecular weight excluding hydrogens is 184 g/mol. The van der Waals surface area contributed by atoms with E-state index in [2.05, 4.69) is 0 Å². The van der Waals surface area contributed by atoms with Gasteiger partial charge in [0, 0.05) is 5.56 Å². The van der Waals surface area contributed by atoms with Crippen molar-refractivity contribution in [2.75, 3.05) is 0 Å². The van der Waals surface area contributed by atoms with Crippen LogP contribution in [0, 0.1) is 0 Å². The SMILES string of the molecule is CC(Oc1cccc([C]=O)c1)C(=O)O. The number of carboxylic acids is 1. The highest BCUT2D eigenvalue weighted by molar-refractivity contribution is 5.76. The smallest absolute Gasteiger partial charge is 0.344 e. The zero-order valence-corrected chi connectivity index (χ0v) is 7.56. The number of benzene rings is 1. The van der Waals surface area contributed by atoms with Gasteiger partial charge in [0.05, 0.1) is 0 Å². The molecule has 73 valence electrons. The minimum absolute atomic E-state index is 0.333. The minimum Gasteiger partial charge on any atom is -0.479 e. The fraction of sp³-hybridized carbons (Fsp3) is 0.200. The van der Waals surface area contributed by atoms with Gasteiger partial charge in [-0.25, -0.2) is 4.79 Å². The van der Waals surface area contributed by atoms with Crippen LogP contribution in [-0.2, 0) is 9.59 Å². The molecule has 1 aromatic rings. The second-order valence-corrected chi connectivity index (χ2v) is 2.73. The lowest BCUT2D eigenvalue weighted by Gasteiger charge is -2.09. The molecule has 4 heteroatoms. The van der Waals surface area contributed by atoms with E-state index in [1.54, 1.807) is 24.5 Å². The van der Waals surface area contributed by atoms with E-state index in [1.807, 2.05) is 0 Å². The van der Waals surface area contributed by atoms with Crippen LogP contribution in [0.5, 0.6) is 5.75 Å². The van der Waals surface area contributed by atoms with Gasteiger partial charge in [0.25, 0.3) is 0 Å². The Hall–Kier alpha value is -1.84. The lowest BCUT2D eigenvalue weighted by molar-refractivity contribution is -0.144. The van der Waals surface area contributed by atoms with Crippen LogP contribution in [0.1, 0.15) is 12.5 Å². The first-order chi connectivity index (χ1) is 6.63. The Kier molecular flexibility index (Phi) is 3.23. The van der Waals surface area contributed by atoms with E-state index in [0.717, 1.165) is 0 Å². The molecule has 1 aromatic carbocycles. The Labute approximate surface area is 81.1 Å². The third-order valence-corrected chi connectivity index (χ3v) is 1.61. The van der Waals surface area contributed by atoms with Crippen LogP contribution in [0.3, 0.4) is 0 Å². The highest BCUT2D eigenvalue weighted by Crippen LogP contribution is 2.13. The van der Waals surface area contributed by atoms with Crippen LogP contribution in [-0.4, -0.2) is 23.5 Å². The average Bonchev–Trinajstić information content (AvgIpc) is 2.18. The molecule has 0 amide bonds. The number of carbonyl (C=O) groups is 1. The van der Waals surface area contributed by atoms with Gasteiger partial charge >= 0.3 is 5.97 Å². The second kappa shape index (κ2) is 4.41. The normalized spacial score (nSPS) is 11.8. The van der Waals surface area contributed by atoms with Crippen LogP contribution in [0.4, 0.5) is 0 Å². The largest absolute Gasteiger partial charge is 0.479 e. The summed E-state index contributed by atoms with van der Waals surface area (Å²) in [6, 6.07) is 6.18. The summed E-state index contributed by atoms with van der Waals surface area (Å²) in [4.78, 5) is 20.7. The molecule has 1 N–H and O–H groups in total. The Morgan fingerprint density at radius 3 is 2.86 bits per heavy atom. The van der Waals surface area contributed by atoms with E-state index in [1.165, 1.54) is 13.0 Å². The van der Waals surface area contributed by atoms with E-state index in [9.17, 15) is 9.59 Å². The molecule has 0 aliphatic rings. The number of carbonyl (C=O) groups excluding carboxylic acids is 1. The molecule has 0 aliphatic heterocycles. The lowest BCUT2D eigenvalue weighted by Crippen LogP contribution is -2.22. The van der Waals surface area contributed by atoms with Gasteiger partial charge < -0.3 is 9.84 Å². The van der Waals surface area contributed by atoms with Gasteiger partial charge in [-0.2, -0.15) is 0 Å². The van der Waals surface area contributed by atoms with Crippen molar-refractivity contribution in [1.82, 2.24) is 0 Å². The van der Waals surface area contributed by atoms with Crippen LogP contribution < -0.4 is 4.74 Å². The summed E-state index contributed by atoms with van der Waals surface area (Å²) >= 11 is 0. The molecule has 0 bridgehead atoms. The number of carboxylic acid groups (broad SMARTS) is 1.